The van der Waals surface area contributed by atoms with Crippen LogP contribution >= 0.6 is 0 Å². The Kier molecular flexibility index (Phi) is 6.21. The molecule has 0 aromatic heterocycles. The van der Waals surface area contributed by atoms with E-state index in [9.17, 15) is 0 Å². The quantitative estimate of drug-likeness (QED) is 0.316. The molecule has 4 aromatic carbocycles. The van der Waals surface area contributed by atoms with E-state index in [1.54, 1.807) is 0 Å². The summed E-state index contributed by atoms with van der Waals surface area (Å²) in [6.45, 7) is 2.29. The molecule has 0 fully saturated rings. The fourth-order valence-electron chi connectivity index (χ4n) is 5.18. The second-order valence-corrected chi connectivity index (χ2v) is 9.36. The van der Waals surface area contributed by atoms with E-state index in [2.05, 4.69) is 104 Å². The summed E-state index contributed by atoms with van der Waals surface area (Å²) in [5.74, 6) is 0.459. The van der Waals surface area contributed by atoms with Crippen molar-refractivity contribution in [3.05, 3.63) is 142 Å². The van der Waals surface area contributed by atoms with Gasteiger partial charge >= 0.3 is 0 Å². The smallest absolute Gasteiger partial charge is 0.00895 e. The molecule has 4 aromatic rings. The van der Waals surface area contributed by atoms with Crippen LogP contribution in [-0.2, 0) is 19.3 Å². The first-order chi connectivity index (χ1) is 15.8. The summed E-state index contributed by atoms with van der Waals surface area (Å²) in [6.07, 6.45) is 6.65. The SMILES string of the molecule is CCCCC1c2cccc(c2)Cc2cccc(c2)Cc2cccc(c2)Cc2cccc1c2. The van der Waals surface area contributed by atoms with Crippen LogP contribution in [0.25, 0.3) is 0 Å². The van der Waals surface area contributed by atoms with Gasteiger partial charge in [0.25, 0.3) is 0 Å². The molecule has 0 aliphatic heterocycles. The monoisotopic (exact) mass is 416 g/mol. The van der Waals surface area contributed by atoms with Gasteiger partial charge in [0.1, 0.15) is 0 Å². The van der Waals surface area contributed by atoms with E-state index < -0.39 is 0 Å². The predicted molar refractivity (Wildman–Crippen MR) is 136 cm³/mol. The molecular formula is C32H32. The molecule has 5 rings (SSSR count). The number of hydrogen-bond acceptors (Lipinski definition) is 0. The summed E-state index contributed by atoms with van der Waals surface area (Å²) >= 11 is 0. The third-order valence-corrected chi connectivity index (χ3v) is 6.76. The zero-order valence-electron chi connectivity index (χ0n) is 19.1. The van der Waals surface area contributed by atoms with Crippen LogP contribution in [0.1, 0.15) is 76.6 Å². The first-order valence-electron chi connectivity index (χ1n) is 12.1. The normalized spacial score (nSPS) is 13.7. The van der Waals surface area contributed by atoms with Gasteiger partial charge in [-0.15, -0.1) is 0 Å². The minimum atomic E-state index is 0.459. The molecular weight excluding hydrogens is 384 g/mol. The van der Waals surface area contributed by atoms with Crippen molar-refractivity contribution in [1.29, 1.82) is 0 Å². The van der Waals surface area contributed by atoms with Crippen molar-refractivity contribution in [2.45, 2.75) is 51.4 Å². The third-order valence-electron chi connectivity index (χ3n) is 6.76. The van der Waals surface area contributed by atoms with Gasteiger partial charge < -0.3 is 0 Å². The molecule has 160 valence electrons. The van der Waals surface area contributed by atoms with Crippen molar-refractivity contribution in [1.82, 2.24) is 0 Å². The Morgan fingerprint density at radius 2 is 0.906 bits per heavy atom. The lowest BCUT2D eigenvalue weighted by Gasteiger charge is -2.20. The minimum absolute atomic E-state index is 0.459. The van der Waals surface area contributed by atoms with Crippen molar-refractivity contribution in [3.63, 3.8) is 0 Å². The van der Waals surface area contributed by atoms with Crippen LogP contribution in [-0.4, -0.2) is 0 Å². The summed E-state index contributed by atoms with van der Waals surface area (Å²) in [6, 6.07) is 36.9. The van der Waals surface area contributed by atoms with Crippen molar-refractivity contribution < 1.29 is 0 Å². The molecule has 0 N–H and O–H groups in total. The van der Waals surface area contributed by atoms with E-state index in [1.807, 2.05) is 0 Å². The first-order valence-corrected chi connectivity index (χ1v) is 12.1. The molecule has 0 saturated carbocycles. The molecule has 0 spiro atoms. The van der Waals surface area contributed by atoms with Gasteiger partial charge in [0.2, 0.25) is 0 Å². The lowest BCUT2D eigenvalue weighted by Crippen LogP contribution is -2.04. The van der Waals surface area contributed by atoms with Gasteiger partial charge in [-0.1, -0.05) is 117 Å². The maximum atomic E-state index is 2.45. The lowest BCUT2D eigenvalue weighted by atomic mass is 9.84. The second-order valence-electron chi connectivity index (χ2n) is 9.36. The second kappa shape index (κ2) is 9.57. The van der Waals surface area contributed by atoms with E-state index in [0.29, 0.717) is 5.92 Å². The van der Waals surface area contributed by atoms with Crippen LogP contribution in [0.3, 0.4) is 0 Å². The van der Waals surface area contributed by atoms with Gasteiger partial charge in [0.05, 0.1) is 0 Å². The summed E-state index contributed by atoms with van der Waals surface area (Å²) < 4.78 is 0. The van der Waals surface area contributed by atoms with E-state index in [0.717, 1.165) is 19.3 Å². The molecule has 0 unspecified atom stereocenters. The van der Waals surface area contributed by atoms with Crippen LogP contribution in [0, 0.1) is 0 Å². The van der Waals surface area contributed by atoms with Crippen LogP contribution < -0.4 is 0 Å². The number of fused-ring (bicyclic) bond motifs is 8. The third kappa shape index (κ3) is 4.86. The number of benzene rings is 4. The van der Waals surface area contributed by atoms with Gasteiger partial charge in [0.15, 0.2) is 0 Å². The largest absolute Gasteiger partial charge is 0.0654 e. The molecule has 0 heterocycles. The zero-order valence-corrected chi connectivity index (χ0v) is 19.1. The molecule has 0 saturated heterocycles. The standard InChI is InChI=1S/C32H32/c1-2-3-16-32-30-14-6-12-28(22-30)20-26-10-4-8-24(18-26)17-25-9-5-11-27(19-25)21-29-13-7-15-31(32)23-29/h4-15,18-19,22-23,32H,2-3,16-17,20-21H2,1H3. The van der Waals surface area contributed by atoms with Crippen molar-refractivity contribution in [3.8, 4) is 0 Å². The highest BCUT2D eigenvalue weighted by molar-refractivity contribution is 5.41. The van der Waals surface area contributed by atoms with Crippen LogP contribution in [0.15, 0.2) is 97.1 Å². The summed E-state index contributed by atoms with van der Waals surface area (Å²) in [4.78, 5) is 0. The minimum Gasteiger partial charge on any atom is -0.0654 e. The van der Waals surface area contributed by atoms with Crippen molar-refractivity contribution in [2.75, 3.05) is 0 Å². The highest BCUT2D eigenvalue weighted by atomic mass is 14.2. The Morgan fingerprint density at radius 3 is 1.31 bits per heavy atom. The Balaban J connectivity index is 1.62. The van der Waals surface area contributed by atoms with Gasteiger partial charge in [-0.05, 0) is 70.2 Å². The molecule has 32 heavy (non-hydrogen) atoms. The number of rotatable bonds is 3. The van der Waals surface area contributed by atoms with E-state index in [-0.39, 0.29) is 0 Å². The average molecular weight is 417 g/mol. The van der Waals surface area contributed by atoms with Gasteiger partial charge in [-0.25, -0.2) is 0 Å². The molecule has 0 radical (unpaired) electrons. The first kappa shape index (κ1) is 20.8. The van der Waals surface area contributed by atoms with Crippen LogP contribution in [0.2, 0.25) is 0 Å². The summed E-state index contributed by atoms with van der Waals surface area (Å²) in [7, 11) is 0. The molecule has 0 atom stereocenters. The highest BCUT2D eigenvalue weighted by Gasteiger charge is 2.15. The van der Waals surface area contributed by atoms with Gasteiger partial charge in [-0.2, -0.15) is 0 Å². The Morgan fingerprint density at radius 1 is 0.531 bits per heavy atom. The van der Waals surface area contributed by atoms with Crippen LogP contribution in [0.4, 0.5) is 0 Å². The highest BCUT2D eigenvalue weighted by Crippen LogP contribution is 2.32. The fourth-order valence-corrected chi connectivity index (χ4v) is 5.18. The zero-order chi connectivity index (χ0) is 21.8. The molecule has 1 aliphatic carbocycles. The number of unbranched alkanes of at least 4 members (excludes halogenated alkanes) is 1. The maximum absolute atomic E-state index is 2.45. The van der Waals surface area contributed by atoms with Gasteiger partial charge in [-0.3, -0.25) is 0 Å². The van der Waals surface area contributed by atoms with Crippen molar-refractivity contribution >= 4 is 0 Å². The predicted octanol–water partition coefficient (Wildman–Crippen LogP) is 8.09. The Bertz CT molecular complexity index is 1110. The maximum Gasteiger partial charge on any atom is 0.00895 e. The summed E-state index contributed by atoms with van der Waals surface area (Å²) in [5, 5.41) is 0. The fraction of sp³-hybridized carbons (Fsp3) is 0.250. The molecule has 0 amide bonds. The Labute approximate surface area is 193 Å². The van der Waals surface area contributed by atoms with E-state index >= 15 is 0 Å². The van der Waals surface area contributed by atoms with E-state index in [4.69, 9.17) is 0 Å². The molecule has 0 heteroatoms. The van der Waals surface area contributed by atoms with E-state index in [1.165, 1.54) is 63.8 Å². The Hall–Kier alpha value is -3.12. The molecule has 1 aliphatic rings. The van der Waals surface area contributed by atoms with Crippen molar-refractivity contribution in [2.24, 2.45) is 0 Å². The summed E-state index contributed by atoms with van der Waals surface area (Å²) in [5.41, 5.74) is 11.3. The molecule has 8 bridgehead atoms. The topological polar surface area (TPSA) is 0 Å². The lowest BCUT2D eigenvalue weighted by molar-refractivity contribution is 0.649. The van der Waals surface area contributed by atoms with Gasteiger partial charge in [0, 0.05) is 5.92 Å². The number of hydrogen-bond donors (Lipinski definition) is 0. The van der Waals surface area contributed by atoms with Crippen LogP contribution in [0.5, 0.6) is 0 Å². The molecule has 0 nitrogen and oxygen atoms in total. The average Bonchev–Trinajstić information content (AvgIpc) is 2.80.